The van der Waals surface area contributed by atoms with Crippen LogP contribution in [0.2, 0.25) is 0 Å². The van der Waals surface area contributed by atoms with E-state index in [1.807, 2.05) is 23.7 Å². The molecule has 0 spiro atoms. The molecule has 7 nitrogen and oxygen atoms in total. The highest BCUT2D eigenvalue weighted by Gasteiger charge is 2.24. The van der Waals surface area contributed by atoms with E-state index >= 15 is 0 Å². The second kappa shape index (κ2) is 8.39. The zero-order valence-electron chi connectivity index (χ0n) is 17.4. The van der Waals surface area contributed by atoms with Crippen LogP contribution in [-0.2, 0) is 6.54 Å². The number of nitrogens with zero attached hydrogens (tertiary/aromatic N) is 6. The summed E-state index contributed by atoms with van der Waals surface area (Å²) >= 11 is 0. The Balaban J connectivity index is 1.32. The Labute approximate surface area is 179 Å². The highest BCUT2D eigenvalue weighted by molar-refractivity contribution is 5.84. The van der Waals surface area contributed by atoms with Crippen LogP contribution in [-0.4, -0.2) is 43.0 Å². The minimum Gasteiger partial charge on any atom is -0.336 e. The van der Waals surface area contributed by atoms with Gasteiger partial charge in [-0.1, -0.05) is 41.6 Å². The maximum Gasteiger partial charge on any atom is 0.184 e. The first-order chi connectivity index (χ1) is 15.2. The van der Waals surface area contributed by atoms with Crippen LogP contribution in [0.4, 0.5) is 15.9 Å². The Kier molecular flexibility index (Phi) is 5.30. The Morgan fingerprint density at radius 1 is 1.06 bits per heavy atom. The van der Waals surface area contributed by atoms with Crippen molar-refractivity contribution in [3.05, 3.63) is 71.8 Å². The number of halogens is 1. The number of piperidine rings is 1. The number of aromatic nitrogens is 5. The number of anilines is 2. The van der Waals surface area contributed by atoms with Gasteiger partial charge in [-0.15, -0.1) is 5.10 Å². The predicted octanol–water partition coefficient (Wildman–Crippen LogP) is 4.25. The number of likely N-dealkylation sites (tertiary alicyclic amines) is 1. The first kappa shape index (κ1) is 19.6. The first-order valence-electron chi connectivity index (χ1n) is 10.5. The molecule has 4 aromatic rings. The highest BCUT2D eigenvalue weighted by atomic mass is 19.1. The topological polar surface area (TPSA) is 71.8 Å². The van der Waals surface area contributed by atoms with Crippen LogP contribution >= 0.6 is 0 Å². The molecule has 3 heterocycles. The molecule has 0 bridgehead atoms. The molecule has 2 aromatic carbocycles. The zero-order valence-corrected chi connectivity index (χ0v) is 17.4. The van der Waals surface area contributed by atoms with Crippen LogP contribution in [0.25, 0.3) is 11.2 Å². The summed E-state index contributed by atoms with van der Waals surface area (Å²) in [6, 6.07) is 15.8. The van der Waals surface area contributed by atoms with Gasteiger partial charge in [-0.05, 0) is 43.0 Å². The van der Waals surface area contributed by atoms with Gasteiger partial charge in [0.05, 0.1) is 11.7 Å². The molecule has 1 aliphatic heterocycles. The lowest BCUT2D eigenvalue weighted by Gasteiger charge is -2.31. The van der Waals surface area contributed by atoms with E-state index in [0.717, 1.165) is 38.0 Å². The molecule has 0 amide bonds. The number of rotatable bonds is 5. The van der Waals surface area contributed by atoms with Gasteiger partial charge in [0.1, 0.15) is 12.1 Å². The smallest absolute Gasteiger partial charge is 0.184 e. The fraction of sp³-hybridized carbons (Fsp3) is 0.304. The predicted molar refractivity (Wildman–Crippen MR) is 118 cm³/mol. The van der Waals surface area contributed by atoms with Gasteiger partial charge in [-0.2, -0.15) is 0 Å². The maximum absolute atomic E-state index is 14.3. The van der Waals surface area contributed by atoms with Gasteiger partial charge < -0.3 is 5.32 Å². The molecule has 8 heteroatoms. The van der Waals surface area contributed by atoms with Crippen molar-refractivity contribution in [3.63, 3.8) is 0 Å². The van der Waals surface area contributed by atoms with Crippen molar-refractivity contribution in [3.8, 4) is 0 Å². The van der Waals surface area contributed by atoms with E-state index in [0.29, 0.717) is 22.7 Å². The summed E-state index contributed by atoms with van der Waals surface area (Å²) in [7, 11) is 0. The molecule has 158 valence electrons. The lowest BCUT2D eigenvalue weighted by atomic mass is 10.0. The third-order valence-electron chi connectivity index (χ3n) is 5.79. The lowest BCUT2D eigenvalue weighted by Crippen LogP contribution is -2.34. The molecule has 1 N–H and O–H groups in total. The van der Waals surface area contributed by atoms with E-state index < -0.39 is 0 Å². The zero-order chi connectivity index (χ0) is 21.2. The number of hydrogen-bond donors (Lipinski definition) is 1. The van der Waals surface area contributed by atoms with Crippen LogP contribution in [0.3, 0.4) is 0 Å². The Bertz CT molecular complexity index is 1180. The Morgan fingerprint density at radius 3 is 2.65 bits per heavy atom. The quantitative estimate of drug-likeness (QED) is 0.523. The number of nitrogens with one attached hydrogen (secondary N) is 1. The van der Waals surface area contributed by atoms with Gasteiger partial charge in [-0.25, -0.2) is 19.0 Å². The normalized spacial score (nSPS) is 15.4. The van der Waals surface area contributed by atoms with Crippen molar-refractivity contribution < 1.29 is 4.39 Å². The number of hydrogen-bond acceptors (Lipinski definition) is 6. The minimum atomic E-state index is -0.329. The van der Waals surface area contributed by atoms with Crippen molar-refractivity contribution in [1.29, 1.82) is 0 Å². The van der Waals surface area contributed by atoms with Gasteiger partial charge in [-0.3, -0.25) is 4.90 Å². The Hall–Kier alpha value is -3.39. The highest BCUT2D eigenvalue weighted by Crippen LogP contribution is 2.28. The molecule has 0 unspecified atom stereocenters. The lowest BCUT2D eigenvalue weighted by molar-refractivity contribution is 0.174. The summed E-state index contributed by atoms with van der Waals surface area (Å²) in [5.74, 6) is 0.130. The summed E-state index contributed by atoms with van der Waals surface area (Å²) < 4.78 is 16.2. The van der Waals surface area contributed by atoms with Crippen LogP contribution in [0.1, 0.15) is 30.0 Å². The van der Waals surface area contributed by atoms with Crippen molar-refractivity contribution in [1.82, 2.24) is 29.9 Å². The third-order valence-corrected chi connectivity index (χ3v) is 5.79. The van der Waals surface area contributed by atoms with Crippen LogP contribution < -0.4 is 5.32 Å². The molecule has 0 atom stereocenters. The van der Waals surface area contributed by atoms with Crippen molar-refractivity contribution in [2.24, 2.45) is 0 Å². The van der Waals surface area contributed by atoms with Crippen LogP contribution in [0.15, 0.2) is 54.9 Å². The molecule has 5 rings (SSSR count). The summed E-state index contributed by atoms with van der Waals surface area (Å²) in [5, 5.41) is 11.7. The molecule has 0 saturated carbocycles. The van der Waals surface area contributed by atoms with Gasteiger partial charge in [0, 0.05) is 19.6 Å². The molecule has 31 heavy (non-hydrogen) atoms. The average Bonchev–Trinajstić information content (AvgIpc) is 3.22. The fourth-order valence-electron chi connectivity index (χ4n) is 4.11. The van der Waals surface area contributed by atoms with Gasteiger partial charge in [0.15, 0.2) is 17.0 Å². The second-order valence-corrected chi connectivity index (χ2v) is 8.03. The maximum atomic E-state index is 14.3. The molecule has 1 fully saturated rings. The summed E-state index contributed by atoms with van der Waals surface area (Å²) in [6.07, 6.45) is 3.43. The van der Waals surface area contributed by atoms with Crippen LogP contribution in [0.5, 0.6) is 0 Å². The van der Waals surface area contributed by atoms with E-state index in [9.17, 15) is 4.39 Å². The molecular formula is C23H24FN7. The van der Waals surface area contributed by atoms with E-state index in [1.54, 1.807) is 6.07 Å². The molecular weight excluding hydrogens is 393 g/mol. The first-order valence-corrected chi connectivity index (χ1v) is 10.5. The second-order valence-electron chi connectivity index (χ2n) is 8.03. The molecule has 1 aliphatic rings. The van der Waals surface area contributed by atoms with Gasteiger partial charge in [0.25, 0.3) is 0 Å². The fourth-order valence-corrected chi connectivity index (χ4v) is 4.11. The number of fused-ring (bicyclic) bond motifs is 1. The summed E-state index contributed by atoms with van der Waals surface area (Å²) in [4.78, 5) is 11.2. The molecule has 0 aliphatic carbocycles. The Morgan fingerprint density at radius 2 is 1.87 bits per heavy atom. The van der Waals surface area contributed by atoms with E-state index in [4.69, 9.17) is 0 Å². The van der Waals surface area contributed by atoms with Crippen molar-refractivity contribution >= 4 is 22.7 Å². The van der Waals surface area contributed by atoms with Gasteiger partial charge in [0.2, 0.25) is 0 Å². The average molecular weight is 417 g/mol. The summed E-state index contributed by atoms with van der Waals surface area (Å²) in [5.41, 5.74) is 3.77. The molecule has 2 aromatic heterocycles. The molecule has 1 saturated heterocycles. The minimum absolute atomic E-state index is 0.232. The van der Waals surface area contributed by atoms with Crippen molar-refractivity contribution in [2.75, 3.05) is 18.4 Å². The summed E-state index contributed by atoms with van der Waals surface area (Å²) in [6.45, 7) is 4.80. The number of benzene rings is 2. The van der Waals surface area contributed by atoms with Crippen molar-refractivity contribution in [2.45, 2.75) is 32.4 Å². The third kappa shape index (κ3) is 4.11. The van der Waals surface area contributed by atoms with Gasteiger partial charge >= 0.3 is 0 Å². The standard InChI is InChI=1S/C23H24FN7/c1-16-7-8-20(19(24)13-16)27-22-21-23(26-15-25-22)31(29-28-21)18-9-11-30(12-10-18)14-17-5-3-2-4-6-17/h2-8,13,15,18H,9-12,14H2,1H3,(H,25,26,27). The van der Waals surface area contributed by atoms with E-state index in [2.05, 4.69) is 54.8 Å². The number of aryl methyl sites for hydroxylation is 1. The van der Waals surface area contributed by atoms with E-state index in [-0.39, 0.29) is 11.9 Å². The molecule has 0 radical (unpaired) electrons. The SMILES string of the molecule is Cc1ccc(Nc2ncnc3c2nnn3C2CCN(Cc3ccccc3)CC2)c(F)c1. The monoisotopic (exact) mass is 417 g/mol. The van der Waals surface area contributed by atoms with E-state index in [1.165, 1.54) is 18.0 Å². The largest absolute Gasteiger partial charge is 0.336 e. The van der Waals surface area contributed by atoms with Crippen LogP contribution in [0, 0.1) is 12.7 Å².